The second kappa shape index (κ2) is 6.21. The third-order valence-corrected chi connectivity index (χ3v) is 3.22. The quantitative estimate of drug-likeness (QED) is 0.832. The van der Waals surface area contributed by atoms with Gasteiger partial charge in [0.15, 0.2) is 0 Å². The van der Waals surface area contributed by atoms with E-state index in [0.717, 1.165) is 6.42 Å². The van der Waals surface area contributed by atoms with Crippen LogP contribution in [0.25, 0.3) is 0 Å². The van der Waals surface area contributed by atoms with Crippen molar-refractivity contribution in [2.24, 2.45) is 5.92 Å². The van der Waals surface area contributed by atoms with E-state index in [1.165, 1.54) is 6.07 Å². The molecule has 90 valence electrons. The Morgan fingerprint density at radius 2 is 2.06 bits per heavy atom. The molecule has 0 aliphatic rings. The summed E-state index contributed by atoms with van der Waals surface area (Å²) < 4.78 is 13.5. The highest BCUT2D eigenvalue weighted by Gasteiger charge is 2.13. The molecule has 1 aromatic carbocycles. The Morgan fingerprint density at radius 1 is 1.38 bits per heavy atom. The van der Waals surface area contributed by atoms with Gasteiger partial charge in [-0.3, -0.25) is 0 Å². The van der Waals surface area contributed by atoms with E-state index in [4.69, 9.17) is 11.6 Å². The van der Waals surface area contributed by atoms with E-state index in [-0.39, 0.29) is 5.82 Å². The van der Waals surface area contributed by atoms with Gasteiger partial charge in [0.2, 0.25) is 0 Å². The maximum atomic E-state index is 13.5. The summed E-state index contributed by atoms with van der Waals surface area (Å²) in [6, 6.07) is 5.30. The zero-order valence-corrected chi connectivity index (χ0v) is 10.8. The van der Waals surface area contributed by atoms with Gasteiger partial charge < -0.3 is 5.32 Å². The van der Waals surface area contributed by atoms with E-state index in [9.17, 15) is 4.39 Å². The van der Waals surface area contributed by atoms with Crippen molar-refractivity contribution in [1.82, 2.24) is 5.32 Å². The minimum Gasteiger partial charge on any atom is -0.317 e. The third kappa shape index (κ3) is 3.76. The molecule has 16 heavy (non-hydrogen) atoms. The zero-order valence-electron chi connectivity index (χ0n) is 10.1. The van der Waals surface area contributed by atoms with Crippen LogP contribution in [0.3, 0.4) is 0 Å². The van der Waals surface area contributed by atoms with Gasteiger partial charge in [-0.15, -0.1) is 0 Å². The molecule has 0 radical (unpaired) electrons. The lowest BCUT2D eigenvalue weighted by Gasteiger charge is -2.17. The van der Waals surface area contributed by atoms with Gasteiger partial charge in [-0.25, -0.2) is 4.39 Å². The standard InChI is InChI=1S/C13H19ClFN/c1-9(7-10(2)16-3)8-11-12(14)5-4-6-13(11)15/h4-6,9-10,16H,7-8H2,1-3H3. The summed E-state index contributed by atoms with van der Waals surface area (Å²) in [4.78, 5) is 0. The van der Waals surface area contributed by atoms with Crippen molar-refractivity contribution in [2.45, 2.75) is 32.7 Å². The molecule has 0 aliphatic heterocycles. The first-order valence-electron chi connectivity index (χ1n) is 5.64. The van der Waals surface area contributed by atoms with Crippen molar-refractivity contribution in [2.75, 3.05) is 7.05 Å². The molecule has 2 unspecified atom stereocenters. The van der Waals surface area contributed by atoms with Gasteiger partial charge in [-0.2, -0.15) is 0 Å². The molecular formula is C13H19ClFN. The van der Waals surface area contributed by atoms with Crippen molar-refractivity contribution < 1.29 is 4.39 Å². The van der Waals surface area contributed by atoms with Crippen molar-refractivity contribution >= 4 is 11.6 Å². The Labute approximate surface area is 102 Å². The summed E-state index contributed by atoms with van der Waals surface area (Å²) in [7, 11) is 1.94. The molecule has 2 atom stereocenters. The second-order valence-electron chi connectivity index (χ2n) is 4.43. The van der Waals surface area contributed by atoms with Crippen LogP contribution >= 0.6 is 11.6 Å². The Hall–Kier alpha value is -0.600. The first-order valence-corrected chi connectivity index (χ1v) is 6.02. The van der Waals surface area contributed by atoms with Crippen LogP contribution < -0.4 is 5.32 Å². The normalized spacial score (nSPS) is 14.8. The first-order chi connectivity index (χ1) is 7.54. The van der Waals surface area contributed by atoms with E-state index in [2.05, 4.69) is 19.2 Å². The fourth-order valence-corrected chi connectivity index (χ4v) is 2.12. The van der Waals surface area contributed by atoms with Crippen molar-refractivity contribution in [1.29, 1.82) is 0 Å². The van der Waals surface area contributed by atoms with E-state index in [0.29, 0.717) is 29.0 Å². The summed E-state index contributed by atoms with van der Waals surface area (Å²) in [6.07, 6.45) is 1.71. The molecular weight excluding hydrogens is 225 g/mol. The molecule has 1 N–H and O–H groups in total. The van der Waals surface area contributed by atoms with Crippen molar-refractivity contribution in [3.63, 3.8) is 0 Å². The average molecular weight is 244 g/mol. The van der Waals surface area contributed by atoms with Crippen LogP contribution in [0.2, 0.25) is 5.02 Å². The SMILES string of the molecule is CNC(C)CC(C)Cc1c(F)cccc1Cl. The zero-order chi connectivity index (χ0) is 12.1. The molecule has 1 nitrogen and oxygen atoms in total. The molecule has 0 aliphatic carbocycles. The van der Waals surface area contributed by atoms with Gasteiger partial charge in [0.1, 0.15) is 5.82 Å². The van der Waals surface area contributed by atoms with E-state index in [1.54, 1.807) is 12.1 Å². The van der Waals surface area contributed by atoms with Crippen LogP contribution in [0, 0.1) is 11.7 Å². The molecule has 3 heteroatoms. The maximum absolute atomic E-state index is 13.5. The predicted molar refractivity (Wildman–Crippen MR) is 67.4 cm³/mol. The van der Waals surface area contributed by atoms with Gasteiger partial charge in [0.05, 0.1) is 0 Å². The Kier molecular flexibility index (Phi) is 5.23. The van der Waals surface area contributed by atoms with Crippen LogP contribution in [-0.4, -0.2) is 13.1 Å². The fraction of sp³-hybridized carbons (Fsp3) is 0.538. The second-order valence-corrected chi connectivity index (χ2v) is 4.84. The molecule has 0 fully saturated rings. The minimum atomic E-state index is -0.198. The summed E-state index contributed by atoms with van der Waals surface area (Å²) >= 11 is 5.99. The molecule has 0 spiro atoms. The average Bonchev–Trinajstić information content (AvgIpc) is 2.23. The first kappa shape index (κ1) is 13.5. The fourth-order valence-electron chi connectivity index (χ4n) is 1.88. The van der Waals surface area contributed by atoms with Gasteiger partial charge >= 0.3 is 0 Å². The predicted octanol–water partition coefficient (Wildman–Crippen LogP) is 3.66. The number of hydrogen-bond acceptors (Lipinski definition) is 1. The Balaban J connectivity index is 2.66. The van der Waals surface area contributed by atoms with Gasteiger partial charge in [-0.05, 0) is 44.9 Å². The lowest BCUT2D eigenvalue weighted by molar-refractivity contribution is 0.434. The Bertz CT molecular complexity index is 320. The highest BCUT2D eigenvalue weighted by Crippen LogP contribution is 2.23. The van der Waals surface area contributed by atoms with Crippen LogP contribution in [0.5, 0.6) is 0 Å². The molecule has 0 aromatic heterocycles. The van der Waals surface area contributed by atoms with E-state index >= 15 is 0 Å². The highest BCUT2D eigenvalue weighted by atomic mass is 35.5. The minimum absolute atomic E-state index is 0.198. The van der Waals surface area contributed by atoms with Crippen LogP contribution in [-0.2, 0) is 6.42 Å². The molecule has 0 amide bonds. The highest BCUT2D eigenvalue weighted by molar-refractivity contribution is 6.31. The maximum Gasteiger partial charge on any atom is 0.127 e. The number of nitrogens with one attached hydrogen (secondary N) is 1. The lowest BCUT2D eigenvalue weighted by atomic mass is 9.95. The molecule has 0 heterocycles. The van der Waals surface area contributed by atoms with Crippen molar-refractivity contribution in [3.8, 4) is 0 Å². The van der Waals surface area contributed by atoms with Crippen LogP contribution in [0.1, 0.15) is 25.8 Å². The lowest BCUT2D eigenvalue weighted by Crippen LogP contribution is -2.24. The van der Waals surface area contributed by atoms with Gasteiger partial charge in [-0.1, -0.05) is 24.6 Å². The topological polar surface area (TPSA) is 12.0 Å². The van der Waals surface area contributed by atoms with Crippen LogP contribution in [0.4, 0.5) is 4.39 Å². The monoisotopic (exact) mass is 243 g/mol. The molecule has 1 aromatic rings. The summed E-state index contributed by atoms with van der Waals surface area (Å²) in [5.41, 5.74) is 0.639. The smallest absolute Gasteiger partial charge is 0.127 e. The largest absolute Gasteiger partial charge is 0.317 e. The number of hydrogen-bond donors (Lipinski definition) is 1. The van der Waals surface area contributed by atoms with E-state index < -0.39 is 0 Å². The summed E-state index contributed by atoms with van der Waals surface area (Å²) in [5, 5.41) is 3.72. The van der Waals surface area contributed by atoms with Crippen molar-refractivity contribution in [3.05, 3.63) is 34.6 Å². The Morgan fingerprint density at radius 3 is 2.62 bits per heavy atom. The third-order valence-electron chi connectivity index (χ3n) is 2.86. The molecule has 0 saturated carbocycles. The summed E-state index contributed by atoms with van der Waals surface area (Å²) in [6.45, 7) is 4.25. The van der Waals surface area contributed by atoms with Crippen LogP contribution in [0.15, 0.2) is 18.2 Å². The molecule has 0 saturated heterocycles. The number of benzene rings is 1. The number of rotatable bonds is 5. The van der Waals surface area contributed by atoms with Gasteiger partial charge in [0, 0.05) is 16.6 Å². The van der Waals surface area contributed by atoms with Gasteiger partial charge in [0.25, 0.3) is 0 Å². The number of halogens is 2. The molecule has 0 bridgehead atoms. The molecule has 1 rings (SSSR count). The van der Waals surface area contributed by atoms with E-state index in [1.807, 2.05) is 7.05 Å². The summed E-state index contributed by atoms with van der Waals surface area (Å²) in [5.74, 6) is 0.216.